The number of rotatable bonds is 3. The summed E-state index contributed by atoms with van der Waals surface area (Å²) in [5.74, 6) is -1.63. The molecule has 0 spiro atoms. The molecule has 1 N–H and O–H groups in total. The lowest BCUT2D eigenvalue weighted by atomic mass is 9.92. The van der Waals surface area contributed by atoms with Crippen molar-refractivity contribution in [2.75, 3.05) is 19.6 Å². The van der Waals surface area contributed by atoms with Gasteiger partial charge in [0, 0.05) is 25.2 Å². The van der Waals surface area contributed by atoms with Crippen molar-refractivity contribution >= 4 is 17.8 Å². The second kappa shape index (κ2) is 6.86. The van der Waals surface area contributed by atoms with Gasteiger partial charge >= 0.3 is 5.97 Å². The van der Waals surface area contributed by atoms with Crippen LogP contribution in [0.2, 0.25) is 0 Å². The fourth-order valence-electron chi connectivity index (χ4n) is 3.95. The zero-order valence-corrected chi connectivity index (χ0v) is 14.5. The van der Waals surface area contributed by atoms with Gasteiger partial charge in [-0.3, -0.25) is 14.4 Å². The van der Waals surface area contributed by atoms with Crippen LogP contribution >= 0.6 is 0 Å². The van der Waals surface area contributed by atoms with E-state index in [1.807, 2.05) is 25.1 Å². The van der Waals surface area contributed by atoms with Gasteiger partial charge in [0.05, 0.1) is 5.92 Å². The van der Waals surface area contributed by atoms with E-state index in [0.29, 0.717) is 37.9 Å². The van der Waals surface area contributed by atoms with E-state index in [1.165, 1.54) is 0 Å². The van der Waals surface area contributed by atoms with Gasteiger partial charge in [0.25, 0.3) is 5.91 Å². The molecule has 6 nitrogen and oxygen atoms in total. The molecule has 2 aliphatic rings. The summed E-state index contributed by atoms with van der Waals surface area (Å²) in [6.45, 7) is 3.16. The minimum Gasteiger partial charge on any atom is -0.481 e. The van der Waals surface area contributed by atoms with Gasteiger partial charge in [-0.25, -0.2) is 0 Å². The summed E-state index contributed by atoms with van der Waals surface area (Å²) in [6.07, 6.45) is 2.67. The molecule has 0 radical (unpaired) electrons. The molecule has 0 saturated carbocycles. The Morgan fingerprint density at radius 1 is 1.12 bits per heavy atom. The Morgan fingerprint density at radius 3 is 2.52 bits per heavy atom. The molecule has 2 amide bonds. The van der Waals surface area contributed by atoms with E-state index in [9.17, 15) is 19.5 Å². The summed E-state index contributed by atoms with van der Waals surface area (Å²) in [7, 11) is 0. The zero-order valence-electron chi connectivity index (χ0n) is 14.5. The third kappa shape index (κ3) is 3.25. The number of piperidine rings is 1. The van der Waals surface area contributed by atoms with Crippen LogP contribution in [-0.4, -0.2) is 57.9 Å². The molecule has 2 aliphatic heterocycles. The predicted molar refractivity (Wildman–Crippen MR) is 92.1 cm³/mol. The summed E-state index contributed by atoms with van der Waals surface area (Å²) in [5.41, 5.74) is -0.321. The van der Waals surface area contributed by atoms with Crippen molar-refractivity contribution in [2.45, 2.75) is 38.1 Å². The Hall–Kier alpha value is -2.37. The number of carboxylic acids is 1. The molecule has 2 heterocycles. The van der Waals surface area contributed by atoms with Crippen LogP contribution in [0.25, 0.3) is 0 Å². The second-order valence-electron chi connectivity index (χ2n) is 7.13. The molecular formula is C19H24N2O4. The summed E-state index contributed by atoms with van der Waals surface area (Å²) in [4.78, 5) is 40.6. The van der Waals surface area contributed by atoms with Crippen LogP contribution in [0.3, 0.4) is 0 Å². The maximum Gasteiger partial charge on any atom is 0.308 e. The highest BCUT2D eigenvalue weighted by Crippen LogP contribution is 2.33. The highest BCUT2D eigenvalue weighted by molar-refractivity contribution is 5.99. The van der Waals surface area contributed by atoms with Crippen LogP contribution in [0, 0.1) is 5.92 Å². The van der Waals surface area contributed by atoms with Crippen molar-refractivity contribution < 1.29 is 19.5 Å². The van der Waals surface area contributed by atoms with Gasteiger partial charge in [0.2, 0.25) is 5.91 Å². The Labute approximate surface area is 147 Å². The number of nitrogens with zero attached hydrogens (tertiary/aromatic N) is 2. The summed E-state index contributed by atoms with van der Waals surface area (Å²) in [5, 5.41) is 9.25. The van der Waals surface area contributed by atoms with Crippen LogP contribution in [0.15, 0.2) is 30.3 Å². The van der Waals surface area contributed by atoms with E-state index in [4.69, 9.17) is 0 Å². The third-order valence-corrected chi connectivity index (χ3v) is 5.43. The minimum absolute atomic E-state index is 0.125. The zero-order chi connectivity index (χ0) is 18.0. The highest BCUT2D eigenvalue weighted by atomic mass is 16.4. The standard InChI is InChI=1S/C19H24N2O4/c1-19(18(25)20-11-5-9-15(13-20)17(23)24)10-6-12-21(19)16(22)14-7-3-2-4-8-14/h2-4,7-8,15H,5-6,9-13H2,1H3,(H,23,24). The Morgan fingerprint density at radius 2 is 1.84 bits per heavy atom. The number of carbonyl (C=O) groups excluding carboxylic acids is 2. The first-order valence-electron chi connectivity index (χ1n) is 8.82. The number of carbonyl (C=O) groups is 3. The highest BCUT2D eigenvalue weighted by Gasteiger charge is 2.48. The van der Waals surface area contributed by atoms with Crippen molar-refractivity contribution in [3.8, 4) is 0 Å². The fraction of sp³-hybridized carbons (Fsp3) is 0.526. The lowest BCUT2D eigenvalue weighted by molar-refractivity contribution is -0.149. The van der Waals surface area contributed by atoms with Crippen molar-refractivity contribution in [3.63, 3.8) is 0 Å². The van der Waals surface area contributed by atoms with E-state index < -0.39 is 17.4 Å². The van der Waals surface area contributed by atoms with Crippen LogP contribution in [0.5, 0.6) is 0 Å². The van der Waals surface area contributed by atoms with Crippen LogP contribution in [0.4, 0.5) is 0 Å². The molecule has 2 atom stereocenters. The van der Waals surface area contributed by atoms with E-state index in [-0.39, 0.29) is 18.4 Å². The maximum atomic E-state index is 13.2. The van der Waals surface area contributed by atoms with Crippen LogP contribution in [-0.2, 0) is 9.59 Å². The molecule has 0 bridgehead atoms. The average Bonchev–Trinajstić information content (AvgIpc) is 3.04. The second-order valence-corrected chi connectivity index (χ2v) is 7.13. The summed E-state index contributed by atoms with van der Waals surface area (Å²) < 4.78 is 0. The van der Waals surface area contributed by atoms with E-state index >= 15 is 0 Å². The number of hydrogen-bond donors (Lipinski definition) is 1. The number of likely N-dealkylation sites (tertiary alicyclic amines) is 2. The lowest BCUT2D eigenvalue weighted by Gasteiger charge is -2.40. The fourth-order valence-corrected chi connectivity index (χ4v) is 3.95. The van der Waals surface area contributed by atoms with E-state index in [0.717, 1.165) is 6.42 Å². The number of hydrogen-bond acceptors (Lipinski definition) is 3. The van der Waals surface area contributed by atoms with E-state index in [1.54, 1.807) is 21.9 Å². The largest absolute Gasteiger partial charge is 0.481 e. The molecular weight excluding hydrogens is 320 g/mol. The SMILES string of the molecule is CC1(C(=O)N2CCCC(C(=O)O)C2)CCCN1C(=O)c1ccccc1. The Balaban J connectivity index is 1.80. The maximum absolute atomic E-state index is 13.2. The number of carboxylic acid groups (broad SMARTS) is 1. The van der Waals surface area contributed by atoms with Gasteiger partial charge < -0.3 is 14.9 Å². The van der Waals surface area contributed by atoms with Gasteiger partial charge in [-0.05, 0) is 44.7 Å². The number of aliphatic carboxylic acids is 1. The molecule has 2 fully saturated rings. The lowest BCUT2D eigenvalue weighted by Crippen LogP contribution is -2.58. The smallest absolute Gasteiger partial charge is 0.308 e. The molecule has 2 unspecified atom stereocenters. The van der Waals surface area contributed by atoms with Crippen molar-refractivity contribution in [1.29, 1.82) is 0 Å². The van der Waals surface area contributed by atoms with Crippen molar-refractivity contribution in [1.82, 2.24) is 9.80 Å². The van der Waals surface area contributed by atoms with Gasteiger partial charge in [-0.2, -0.15) is 0 Å². The first-order chi connectivity index (χ1) is 11.9. The van der Waals surface area contributed by atoms with Crippen molar-refractivity contribution in [2.24, 2.45) is 5.92 Å². The summed E-state index contributed by atoms with van der Waals surface area (Å²) >= 11 is 0. The topological polar surface area (TPSA) is 77.9 Å². The predicted octanol–water partition coefficient (Wildman–Crippen LogP) is 2.00. The molecule has 134 valence electrons. The van der Waals surface area contributed by atoms with Gasteiger partial charge in [-0.1, -0.05) is 18.2 Å². The molecule has 3 rings (SSSR count). The monoisotopic (exact) mass is 344 g/mol. The molecule has 1 aromatic rings. The Bertz CT molecular complexity index is 675. The van der Waals surface area contributed by atoms with Gasteiger partial charge in [0.15, 0.2) is 0 Å². The third-order valence-electron chi connectivity index (χ3n) is 5.43. The number of amides is 2. The molecule has 1 aromatic carbocycles. The Kier molecular flexibility index (Phi) is 4.79. The molecule has 25 heavy (non-hydrogen) atoms. The van der Waals surface area contributed by atoms with Gasteiger partial charge in [-0.15, -0.1) is 0 Å². The number of benzene rings is 1. The van der Waals surface area contributed by atoms with Crippen LogP contribution < -0.4 is 0 Å². The molecule has 2 saturated heterocycles. The molecule has 6 heteroatoms. The molecule has 0 aromatic heterocycles. The normalized spacial score (nSPS) is 26.5. The van der Waals surface area contributed by atoms with Gasteiger partial charge in [0.1, 0.15) is 5.54 Å². The first kappa shape index (κ1) is 17.5. The average molecular weight is 344 g/mol. The summed E-state index contributed by atoms with van der Waals surface area (Å²) in [6, 6.07) is 8.99. The van der Waals surface area contributed by atoms with Crippen LogP contribution in [0.1, 0.15) is 43.0 Å². The quantitative estimate of drug-likeness (QED) is 0.910. The first-order valence-corrected chi connectivity index (χ1v) is 8.82. The molecule has 0 aliphatic carbocycles. The van der Waals surface area contributed by atoms with Crippen molar-refractivity contribution in [3.05, 3.63) is 35.9 Å². The minimum atomic E-state index is -0.896. The van der Waals surface area contributed by atoms with E-state index in [2.05, 4.69) is 0 Å².